The van der Waals surface area contributed by atoms with Gasteiger partial charge in [-0.15, -0.1) is 11.3 Å². The van der Waals surface area contributed by atoms with Gasteiger partial charge in [-0.2, -0.15) is 0 Å². The number of hydrogen-bond acceptors (Lipinski definition) is 4. The molecule has 1 aromatic carbocycles. The molecular weight excluding hydrogens is 315 g/mol. The van der Waals surface area contributed by atoms with E-state index in [2.05, 4.69) is 4.98 Å². The molecule has 0 saturated carbocycles. The van der Waals surface area contributed by atoms with Crippen molar-refractivity contribution in [2.75, 3.05) is 19.7 Å². The predicted molar refractivity (Wildman–Crippen MR) is 87.8 cm³/mol. The van der Waals surface area contributed by atoms with Crippen molar-refractivity contribution < 1.29 is 14.3 Å². The maximum absolute atomic E-state index is 13.8. The lowest BCUT2D eigenvalue weighted by molar-refractivity contribution is 0.0658. The number of piperidine rings is 1. The van der Waals surface area contributed by atoms with Gasteiger partial charge in [-0.05, 0) is 37.3 Å². The molecule has 23 heavy (non-hydrogen) atoms. The minimum atomic E-state index is -0.332. The zero-order chi connectivity index (χ0) is 16.2. The predicted octanol–water partition coefficient (Wildman–Crippen LogP) is 3.18. The van der Waals surface area contributed by atoms with E-state index < -0.39 is 0 Å². The number of aliphatic hydroxyl groups is 1. The van der Waals surface area contributed by atoms with Crippen LogP contribution in [0.5, 0.6) is 0 Å². The van der Waals surface area contributed by atoms with E-state index in [9.17, 15) is 9.18 Å². The Morgan fingerprint density at radius 1 is 1.43 bits per heavy atom. The average molecular weight is 334 g/mol. The third kappa shape index (κ3) is 3.59. The third-order valence-corrected chi connectivity index (χ3v) is 5.18. The Labute approximate surface area is 138 Å². The fourth-order valence-electron chi connectivity index (χ4n) is 2.96. The van der Waals surface area contributed by atoms with E-state index in [0.717, 1.165) is 25.8 Å². The molecule has 4 nitrogen and oxygen atoms in total. The molecule has 1 aliphatic rings. The highest BCUT2D eigenvalue weighted by Gasteiger charge is 2.25. The first-order valence-electron chi connectivity index (χ1n) is 7.80. The number of nitrogens with zero attached hydrogens (tertiary/aromatic N) is 2. The molecule has 2 heterocycles. The van der Waals surface area contributed by atoms with Gasteiger partial charge in [0.15, 0.2) is 0 Å². The maximum atomic E-state index is 13.8. The van der Waals surface area contributed by atoms with Crippen molar-refractivity contribution in [1.82, 2.24) is 9.88 Å². The van der Waals surface area contributed by atoms with Crippen LogP contribution in [-0.4, -0.2) is 40.6 Å². The average Bonchev–Trinajstić information content (AvgIpc) is 3.05. The molecule has 1 saturated heterocycles. The molecule has 0 spiro atoms. The van der Waals surface area contributed by atoms with Gasteiger partial charge in [0.25, 0.3) is 5.91 Å². The Balaban J connectivity index is 1.75. The molecular formula is C17H19FN2O2S. The van der Waals surface area contributed by atoms with Crippen molar-refractivity contribution >= 4 is 17.2 Å². The first-order valence-corrected chi connectivity index (χ1v) is 8.61. The summed E-state index contributed by atoms with van der Waals surface area (Å²) in [6.45, 7) is 1.56. The second-order valence-electron chi connectivity index (χ2n) is 5.78. The number of likely N-dealkylation sites (tertiary alicyclic amines) is 1. The second-order valence-corrected chi connectivity index (χ2v) is 6.81. The topological polar surface area (TPSA) is 53.4 Å². The van der Waals surface area contributed by atoms with E-state index >= 15 is 0 Å². The summed E-state index contributed by atoms with van der Waals surface area (Å²) in [5.41, 5.74) is 0.424. The number of rotatable bonds is 4. The van der Waals surface area contributed by atoms with Crippen LogP contribution in [0.15, 0.2) is 30.5 Å². The number of carbonyl (C=O) groups excluding carboxylic acids is 1. The van der Waals surface area contributed by atoms with Crippen molar-refractivity contribution in [3.05, 3.63) is 41.2 Å². The van der Waals surface area contributed by atoms with Crippen molar-refractivity contribution in [2.45, 2.75) is 19.3 Å². The van der Waals surface area contributed by atoms with Gasteiger partial charge < -0.3 is 10.0 Å². The number of thiazole rings is 1. The molecule has 1 fully saturated rings. The molecule has 122 valence electrons. The van der Waals surface area contributed by atoms with Gasteiger partial charge in [-0.3, -0.25) is 4.79 Å². The van der Waals surface area contributed by atoms with Gasteiger partial charge in [0, 0.05) is 25.3 Å². The molecule has 1 atom stereocenters. The minimum absolute atomic E-state index is 0.0484. The summed E-state index contributed by atoms with van der Waals surface area (Å²) in [4.78, 5) is 19.2. The number of hydrogen-bond donors (Lipinski definition) is 1. The molecule has 1 aromatic heterocycles. The molecule has 3 rings (SSSR count). The lowest BCUT2D eigenvalue weighted by Gasteiger charge is -2.32. The van der Waals surface area contributed by atoms with Crippen LogP contribution in [-0.2, 0) is 0 Å². The van der Waals surface area contributed by atoms with Gasteiger partial charge in [0.2, 0.25) is 0 Å². The number of aromatic nitrogens is 1. The van der Waals surface area contributed by atoms with Gasteiger partial charge in [0.1, 0.15) is 15.7 Å². The van der Waals surface area contributed by atoms with Crippen LogP contribution >= 0.6 is 11.3 Å². The molecule has 0 unspecified atom stereocenters. The monoisotopic (exact) mass is 334 g/mol. The highest BCUT2D eigenvalue weighted by Crippen LogP contribution is 2.29. The molecule has 0 bridgehead atoms. The van der Waals surface area contributed by atoms with Crippen LogP contribution < -0.4 is 0 Å². The van der Waals surface area contributed by atoms with Crippen molar-refractivity contribution in [1.29, 1.82) is 0 Å². The normalized spacial score (nSPS) is 18.2. The number of aliphatic hydroxyl groups excluding tert-OH is 1. The zero-order valence-electron chi connectivity index (χ0n) is 12.7. The third-order valence-electron chi connectivity index (χ3n) is 4.16. The van der Waals surface area contributed by atoms with E-state index in [0.29, 0.717) is 27.9 Å². The number of halogens is 1. The Morgan fingerprint density at radius 3 is 3.04 bits per heavy atom. The molecule has 1 aliphatic heterocycles. The van der Waals surface area contributed by atoms with Crippen LogP contribution in [0.4, 0.5) is 4.39 Å². The van der Waals surface area contributed by atoms with Crippen LogP contribution in [0, 0.1) is 11.7 Å². The van der Waals surface area contributed by atoms with Crippen LogP contribution in [0.1, 0.15) is 28.9 Å². The summed E-state index contributed by atoms with van der Waals surface area (Å²) in [6.07, 6.45) is 4.26. The van der Waals surface area contributed by atoms with Crippen molar-refractivity contribution in [3.63, 3.8) is 0 Å². The Morgan fingerprint density at radius 2 is 2.26 bits per heavy atom. The first kappa shape index (κ1) is 16.1. The van der Waals surface area contributed by atoms with Gasteiger partial charge in [-0.25, -0.2) is 9.37 Å². The highest BCUT2D eigenvalue weighted by atomic mass is 32.1. The first-order chi connectivity index (χ1) is 11.2. The standard InChI is InChI=1S/C17H19FN2O2S/c18-14-6-2-1-5-13(14)16-19-10-15(23-16)17(22)20-8-3-4-12(11-20)7-9-21/h1-2,5-6,10,12,21H,3-4,7-9,11H2/t12-/m1/s1. The van der Waals surface area contributed by atoms with Gasteiger partial charge in [-0.1, -0.05) is 12.1 Å². The molecule has 2 aromatic rings. The van der Waals surface area contributed by atoms with Crippen LogP contribution in [0.3, 0.4) is 0 Å². The summed E-state index contributed by atoms with van der Waals surface area (Å²) in [5, 5.41) is 9.59. The van der Waals surface area contributed by atoms with Crippen LogP contribution in [0.25, 0.3) is 10.6 Å². The van der Waals surface area contributed by atoms with E-state index in [4.69, 9.17) is 5.11 Å². The fraction of sp³-hybridized carbons (Fsp3) is 0.412. The molecule has 6 heteroatoms. The minimum Gasteiger partial charge on any atom is -0.396 e. The largest absolute Gasteiger partial charge is 0.396 e. The zero-order valence-corrected chi connectivity index (χ0v) is 13.6. The van der Waals surface area contributed by atoms with E-state index in [1.807, 2.05) is 4.90 Å². The highest BCUT2D eigenvalue weighted by molar-refractivity contribution is 7.16. The van der Waals surface area contributed by atoms with E-state index in [-0.39, 0.29) is 18.3 Å². The Bertz CT molecular complexity index is 687. The molecule has 0 aliphatic carbocycles. The Hall–Kier alpha value is -1.79. The van der Waals surface area contributed by atoms with Crippen molar-refractivity contribution in [2.24, 2.45) is 5.92 Å². The summed E-state index contributed by atoms with van der Waals surface area (Å²) in [7, 11) is 0. The van der Waals surface area contributed by atoms with Gasteiger partial charge >= 0.3 is 0 Å². The lowest BCUT2D eigenvalue weighted by atomic mass is 9.95. The number of carbonyl (C=O) groups is 1. The van der Waals surface area contributed by atoms with E-state index in [1.54, 1.807) is 18.2 Å². The van der Waals surface area contributed by atoms with E-state index in [1.165, 1.54) is 23.6 Å². The Kier molecular flexibility index (Phi) is 5.03. The second kappa shape index (κ2) is 7.19. The summed E-state index contributed by atoms with van der Waals surface area (Å²) >= 11 is 1.22. The fourth-order valence-corrected chi connectivity index (χ4v) is 3.87. The van der Waals surface area contributed by atoms with Gasteiger partial charge in [0.05, 0.1) is 6.20 Å². The number of amides is 1. The lowest BCUT2D eigenvalue weighted by Crippen LogP contribution is -2.39. The van der Waals surface area contributed by atoms with Crippen molar-refractivity contribution in [3.8, 4) is 10.6 Å². The molecule has 1 amide bonds. The maximum Gasteiger partial charge on any atom is 0.265 e. The SMILES string of the molecule is O=C(c1cnc(-c2ccccc2F)s1)N1CCC[C@H](CCO)C1. The summed E-state index contributed by atoms with van der Waals surface area (Å²) in [6, 6.07) is 6.45. The van der Waals surface area contributed by atoms with Crippen LogP contribution in [0.2, 0.25) is 0 Å². The summed E-state index contributed by atoms with van der Waals surface area (Å²) in [5.74, 6) is -0.0220. The smallest absolute Gasteiger partial charge is 0.265 e. The molecule has 1 N–H and O–H groups in total. The quantitative estimate of drug-likeness (QED) is 0.934. The summed E-state index contributed by atoms with van der Waals surface area (Å²) < 4.78 is 13.8. The number of benzene rings is 1. The molecule has 0 radical (unpaired) electrons.